The molecule has 0 aliphatic carbocycles. The van der Waals surface area contributed by atoms with Crippen molar-refractivity contribution in [2.75, 3.05) is 0 Å². The van der Waals surface area contributed by atoms with E-state index in [0.717, 1.165) is 22.1 Å². The van der Waals surface area contributed by atoms with Crippen LogP contribution >= 0.6 is 0 Å². The van der Waals surface area contributed by atoms with Crippen molar-refractivity contribution in [2.45, 2.75) is 0 Å². The van der Waals surface area contributed by atoms with Crippen molar-refractivity contribution < 1.29 is 19.5 Å². The number of benzene rings is 6. The molecule has 6 aromatic carbocycles. The average molecular weight is 562 g/mol. The SMILES string of the molecule is [Ru+3].c1ccc2c(c1)c1ccccc1c1nccnc21.c1ccc2c(c1)c1ccccc1c1nccnc21. The minimum absolute atomic E-state index is 0. The summed E-state index contributed by atoms with van der Waals surface area (Å²) < 4.78 is 0. The first-order valence-electron chi connectivity index (χ1n) is 11.9. The Morgan fingerprint density at radius 2 is 0.459 bits per heavy atom. The average Bonchev–Trinajstić information content (AvgIpc) is 2.98. The van der Waals surface area contributed by atoms with Gasteiger partial charge in [-0.15, -0.1) is 0 Å². The van der Waals surface area contributed by atoms with Crippen molar-refractivity contribution in [3.05, 3.63) is 122 Å². The molecule has 0 amide bonds. The first-order valence-corrected chi connectivity index (χ1v) is 11.9. The van der Waals surface area contributed by atoms with Crippen molar-refractivity contribution in [3.8, 4) is 0 Å². The second kappa shape index (κ2) is 9.61. The molecule has 2 heterocycles. The fourth-order valence-electron chi connectivity index (χ4n) is 5.16. The molecular formula is C32H20N4Ru+3. The first kappa shape index (κ1) is 23.1. The van der Waals surface area contributed by atoms with Crippen molar-refractivity contribution in [3.63, 3.8) is 0 Å². The second-order valence-electron chi connectivity index (χ2n) is 8.69. The third-order valence-electron chi connectivity index (χ3n) is 6.71. The van der Waals surface area contributed by atoms with E-state index in [-0.39, 0.29) is 19.5 Å². The quantitative estimate of drug-likeness (QED) is 0.140. The Bertz CT molecular complexity index is 1480. The molecule has 0 spiro atoms. The number of fused-ring (bicyclic) bond motifs is 12. The van der Waals surface area contributed by atoms with E-state index in [1.165, 1.54) is 43.1 Å². The van der Waals surface area contributed by atoms with E-state index in [0.29, 0.717) is 0 Å². The normalized spacial score (nSPS) is 11.0. The van der Waals surface area contributed by atoms with Gasteiger partial charge in [-0.1, -0.05) is 97.1 Å². The van der Waals surface area contributed by atoms with Crippen LogP contribution in [0.2, 0.25) is 0 Å². The molecule has 0 aliphatic heterocycles. The molecule has 4 nitrogen and oxygen atoms in total. The summed E-state index contributed by atoms with van der Waals surface area (Å²) in [6, 6.07) is 33.5. The summed E-state index contributed by atoms with van der Waals surface area (Å²) in [4.78, 5) is 18.0. The molecule has 8 aromatic rings. The molecular weight excluding hydrogens is 541 g/mol. The van der Waals surface area contributed by atoms with Gasteiger partial charge in [-0.05, 0) is 21.5 Å². The molecule has 37 heavy (non-hydrogen) atoms. The third-order valence-corrected chi connectivity index (χ3v) is 6.71. The number of hydrogen-bond acceptors (Lipinski definition) is 4. The molecule has 0 atom stereocenters. The maximum absolute atomic E-state index is 4.50. The Labute approximate surface area is 225 Å². The molecule has 0 aliphatic rings. The predicted octanol–water partition coefficient (Wildman–Crippen LogP) is 7.87. The van der Waals surface area contributed by atoms with Crippen LogP contribution in [-0.2, 0) is 19.5 Å². The molecule has 0 unspecified atom stereocenters. The summed E-state index contributed by atoms with van der Waals surface area (Å²) in [5.41, 5.74) is 3.91. The van der Waals surface area contributed by atoms with Crippen LogP contribution in [0.1, 0.15) is 0 Å². The van der Waals surface area contributed by atoms with E-state index in [2.05, 4.69) is 92.7 Å². The monoisotopic (exact) mass is 562 g/mol. The minimum Gasteiger partial charge on any atom is -0.252 e. The molecule has 0 fully saturated rings. The summed E-state index contributed by atoms with van der Waals surface area (Å²) in [5, 5.41) is 9.61. The summed E-state index contributed by atoms with van der Waals surface area (Å²) in [6.45, 7) is 0. The van der Waals surface area contributed by atoms with Crippen molar-refractivity contribution in [2.24, 2.45) is 0 Å². The molecule has 173 valence electrons. The van der Waals surface area contributed by atoms with E-state index in [1.54, 1.807) is 24.8 Å². The summed E-state index contributed by atoms with van der Waals surface area (Å²) in [5.74, 6) is 0. The van der Waals surface area contributed by atoms with Gasteiger partial charge in [-0.25, -0.2) is 0 Å². The van der Waals surface area contributed by atoms with E-state index in [1.807, 2.05) is 24.3 Å². The zero-order chi connectivity index (χ0) is 23.9. The van der Waals surface area contributed by atoms with Gasteiger partial charge in [0.15, 0.2) is 0 Å². The Hall–Kier alpha value is -4.34. The van der Waals surface area contributed by atoms with Crippen LogP contribution in [0.5, 0.6) is 0 Å². The largest absolute Gasteiger partial charge is 3.00 e. The molecule has 0 saturated carbocycles. The van der Waals surface area contributed by atoms with Gasteiger partial charge in [0.25, 0.3) is 0 Å². The van der Waals surface area contributed by atoms with Crippen LogP contribution in [0.15, 0.2) is 122 Å². The van der Waals surface area contributed by atoms with E-state index >= 15 is 0 Å². The summed E-state index contributed by atoms with van der Waals surface area (Å²) in [7, 11) is 0. The van der Waals surface area contributed by atoms with Crippen LogP contribution in [0.25, 0.3) is 65.2 Å². The van der Waals surface area contributed by atoms with Crippen LogP contribution in [0.3, 0.4) is 0 Å². The van der Waals surface area contributed by atoms with E-state index in [4.69, 9.17) is 0 Å². The van der Waals surface area contributed by atoms with Crippen LogP contribution < -0.4 is 0 Å². The van der Waals surface area contributed by atoms with Crippen LogP contribution in [-0.4, -0.2) is 19.9 Å². The van der Waals surface area contributed by atoms with Crippen LogP contribution in [0, 0.1) is 0 Å². The third kappa shape index (κ3) is 3.80. The molecule has 0 saturated heterocycles. The standard InChI is InChI=1S/2C16H10N2.Ru/c2*1-3-7-13-11(5-1)12-6-2-4-8-14(12)16-15(13)17-9-10-18-16;/h2*1-10H;/q;;+3. The summed E-state index contributed by atoms with van der Waals surface area (Å²) >= 11 is 0. The van der Waals surface area contributed by atoms with Crippen molar-refractivity contribution in [1.29, 1.82) is 0 Å². The Morgan fingerprint density at radius 1 is 0.270 bits per heavy atom. The Balaban J connectivity index is 0.000000133. The van der Waals surface area contributed by atoms with Gasteiger partial charge < -0.3 is 0 Å². The Kier molecular flexibility index (Phi) is 6.00. The first-order chi connectivity index (χ1) is 17.9. The van der Waals surface area contributed by atoms with Gasteiger partial charge in [0.1, 0.15) is 0 Å². The predicted molar refractivity (Wildman–Crippen MR) is 149 cm³/mol. The van der Waals surface area contributed by atoms with Gasteiger partial charge in [-0.3, -0.25) is 19.9 Å². The maximum atomic E-state index is 4.50. The summed E-state index contributed by atoms with van der Waals surface area (Å²) in [6.07, 6.45) is 7.01. The van der Waals surface area contributed by atoms with Gasteiger partial charge >= 0.3 is 19.5 Å². The fraction of sp³-hybridized carbons (Fsp3) is 0. The van der Waals surface area contributed by atoms with Gasteiger partial charge in [0, 0.05) is 46.3 Å². The smallest absolute Gasteiger partial charge is 0.252 e. The molecule has 2 aromatic heterocycles. The second-order valence-corrected chi connectivity index (χ2v) is 8.69. The zero-order valence-electron chi connectivity index (χ0n) is 19.7. The molecule has 0 N–H and O–H groups in total. The van der Waals surface area contributed by atoms with Gasteiger partial charge in [0.2, 0.25) is 0 Å². The van der Waals surface area contributed by atoms with E-state index < -0.39 is 0 Å². The van der Waals surface area contributed by atoms with Crippen molar-refractivity contribution in [1.82, 2.24) is 19.9 Å². The maximum Gasteiger partial charge on any atom is 3.00 e. The molecule has 0 bridgehead atoms. The molecule has 8 rings (SSSR count). The van der Waals surface area contributed by atoms with Gasteiger partial charge in [-0.2, -0.15) is 0 Å². The number of nitrogens with zero attached hydrogens (tertiary/aromatic N) is 4. The number of rotatable bonds is 0. The molecule has 5 heteroatoms. The minimum atomic E-state index is 0. The topological polar surface area (TPSA) is 51.6 Å². The van der Waals surface area contributed by atoms with Gasteiger partial charge in [0.05, 0.1) is 22.1 Å². The fourth-order valence-corrected chi connectivity index (χ4v) is 5.16. The molecule has 1 radical (unpaired) electrons. The number of aromatic nitrogens is 4. The number of hydrogen-bond donors (Lipinski definition) is 0. The van der Waals surface area contributed by atoms with Crippen LogP contribution in [0.4, 0.5) is 0 Å². The zero-order valence-corrected chi connectivity index (χ0v) is 21.4. The van der Waals surface area contributed by atoms with Crippen molar-refractivity contribution >= 4 is 65.2 Å². The Morgan fingerprint density at radius 3 is 0.676 bits per heavy atom. The van der Waals surface area contributed by atoms with E-state index in [9.17, 15) is 0 Å².